The fourth-order valence-corrected chi connectivity index (χ4v) is 3.15. The van der Waals surface area contributed by atoms with Crippen LogP contribution in [0.1, 0.15) is 26.7 Å². The van der Waals surface area contributed by atoms with Gasteiger partial charge in [-0.2, -0.15) is 15.3 Å². The molecule has 10 nitrogen and oxygen atoms in total. The van der Waals surface area contributed by atoms with E-state index >= 15 is 0 Å². The molecule has 0 saturated heterocycles. The maximum absolute atomic E-state index is 12.7. The highest BCUT2D eigenvalue weighted by molar-refractivity contribution is 14.1. The van der Waals surface area contributed by atoms with E-state index in [9.17, 15) is 9.59 Å². The molecule has 11 heteroatoms. The Kier molecular flexibility index (Phi) is 4.80. The number of carbonyl (C=O) groups is 2. The van der Waals surface area contributed by atoms with Crippen molar-refractivity contribution in [2.75, 3.05) is 10.6 Å². The largest absolute Gasteiger partial charge is 0.318 e. The van der Waals surface area contributed by atoms with E-state index in [-0.39, 0.29) is 11.4 Å². The number of aryl methyl sites for hydroxylation is 3. The van der Waals surface area contributed by atoms with Crippen LogP contribution in [-0.2, 0) is 21.1 Å². The molecule has 0 bridgehead atoms. The molecule has 0 aliphatic rings. The van der Waals surface area contributed by atoms with E-state index in [0.717, 1.165) is 5.69 Å². The summed E-state index contributed by atoms with van der Waals surface area (Å²) in [5, 5.41) is 17.8. The number of nitrogens with one attached hydrogen (secondary N) is 2. The molecule has 2 N–H and O–H groups in total. The lowest BCUT2D eigenvalue weighted by molar-refractivity contribution is 0.101. The van der Waals surface area contributed by atoms with Crippen LogP contribution in [0.3, 0.4) is 0 Å². The van der Waals surface area contributed by atoms with E-state index in [2.05, 4.69) is 25.9 Å². The van der Waals surface area contributed by atoms with Crippen molar-refractivity contribution < 1.29 is 9.59 Å². The van der Waals surface area contributed by atoms with Crippen LogP contribution in [0, 0.1) is 10.5 Å². The van der Waals surface area contributed by atoms with Gasteiger partial charge in [0.25, 0.3) is 11.8 Å². The topological polar surface area (TPSA) is 112 Å². The average molecular weight is 468 g/mol. The number of rotatable bonds is 4. The van der Waals surface area contributed by atoms with Gasteiger partial charge in [-0.15, -0.1) is 0 Å². The molecule has 0 aliphatic carbocycles. The quantitative estimate of drug-likeness (QED) is 0.561. The molecule has 0 aromatic carbocycles. The van der Waals surface area contributed by atoms with Crippen molar-refractivity contribution in [3.8, 4) is 0 Å². The van der Waals surface area contributed by atoms with Crippen LogP contribution in [0.15, 0.2) is 18.6 Å². The third-order valence-electron chi connectivity index (χ3n) is 3.88. The predicted molar refractivity (Wildman–Crippen MR) is 103 cm³/mol. The van der Waals surface area contributed by atoms with Gasteiger partial charge in [-0.05, 0) is 29.5 Å². The lowest BCUT2D eigenvalue weighted by Crippen LogP contribution is -2.21. The predicted octanol–water partition coefficient (Wildman–Crippen LogP) is 1.30. The SMILES string of the molecule is Cc1c(NC(=O)c2c(NC(=O)c3nn(C)cc3I)cnn2C)cnn1C. The van der Waals surface area contributed by atoms with Crippen LogP contribution in [0.4, 0.5) is 11.4 Å². The number of halogens is 1. The lowest BCUT2D eigenvalue weighted by Gasteiger charge is -2.08. The molecule has 0 unspecified atom stereocenters. The molecule has 26 heavy (non-hydrogen) atoms. The van der Waals surface area contributed by atoms with Gasteiger partial charge in [-0.1, -0.05) is 0 Å². The van der Waals surface area contributed by atoms with Gasteiger partial charge >= 0.3 is 0 Å². The minimum absolute atomic E-state index is 0.229. The number of anilines is 2. The molecule has 3 rings (SSSR count). The monoisotopic (exact) mass is 468 g/mol. The minimum Gasteiger partial charge on any atom is -0.318 e. The number of nitrogens with zero attached hydrogens (tertiary/aromatic N) is 6. The van der Waals surface area contributed by atoms with Gasteiger partial charge in [0.15, 0.2) is 5.69 Å². The Morgan fingerprint density at radius 1 is 1.00 bits per heavy atom. The van der Waals surface area contributed by atoms with Gasteiger partial charge in [0.05, 0.1) is 33.0 Å². The van der Waals surface area contributed by atoms with Crippen molar-refractivity contribution in [2.45, 2.75) is 6.92 Å². The summed E-state index contributed by atoms with van der Waals surface area (Å²) < 4.78 is 5.33. The van der Waals surface area contributed by atoms with Gasteiger partial charge in [-0.3, -0.25) is 23.6 Å². The van der Waals surface area contributed by atoms with Gasteiger partial charge in [0.1, 0.15) is 5.69 Å². The van der Waals surface area contributed by atoms with E-state index in [1.165, 1.54) is 10.9 Å². The third-order valence-corrected chi connectivity index (χ3v) is 4.67. The average Bonchev–Trinajstić information content (AvgIpc) is 3.20. The summed E-state index contributed by atoms with van der Waals surface area (Å²) in [4.78, 5) is 25.2. The molecule has 136 valence electrons. The summed E-state index contributed by atoms with van der Waals surface area (Å²) in [5.41, 5.74) is 2.22. The maximum Gasteiger partial charge on any atom is 0.277 e. The summed E-state index contributed by atoms with van der Waals surface area (Å²) in [6, 6.07) is 0. The highest BCUT2D eigenvalue weighted by atomic mass is 127. The fourth-order valence-electron chi connectivity index (χ4n) is 2.40. The van der Waals surface area contributed by atoms with Crippen LogP contribution in [0.25, 0.3) is 0 Å². The Balaban J connectivity index is 1.84. The van der Waals surface area contributed by atoms with Crippen molar-refractivity contribution in [3.05, 3.63) is 39.2 Å². The van der Waals surface area contributed by atoms with Crippen molar-refractivity contribution >= 4 is 45.8 Å². The number of aromatic nitrogens is 6. The first-order chi connectivity index (χ1) is 12.3. The summed E-state index contributed by atoms with van der Waals surface area (Å²) in [7, 11) is 5.15. The second kappa shape index (κ2) is 6.90. The van der Waals surface area contributed by atoms with Crippen molar-refractivity contribution in [3.63, 3.8) is 0 Å². The van der Waals surface area contributed by atoms with Crippen LogP contribution < -0.4 is 10.6 Å². The van der Waals surface area contributed by atoms with E-state index in [4.69, 9.17) is 0 Å². The molecular weight excluding hydrogens is 451 g/mol. The van der Waals surface area contributed by atoms with E-state index in [1.807, 2.05) is 29.5 Å². The number of amides is 2. The van der Waals surface area contributed by atoms with E-state index in [0.29, 0.717) is 14.9 Å². The van der Waals surface area contributed by atoms with Crippen LogP contribution in [0.2, 0.25) is 0 Å². The van der Waals surface area contributed by atoms with Crippen molar-refractivity contribution in [1.82, 2.24) is 29.3 Å². The third kappa shape index (κ3) is 3.34. The molecular formula is C15H17IN8O2. The Morgan fingerprint density at radius 2 is 1.62 bits per heavy atom. The van der Waals surface area contributed by atoms with Crippen molar-refractivity contribution in [1.29, 1.82) is 0 Å². The number of carbonyl (C=O) groups excluding carboxylic acids is 2. The standard InChI is InChI=1S/C15H17IN8O2/c1-8-10(5-17-23(8)3)19-15(26)13-11(6-18-24(13)4)20-14(25)12-9(16)7-22(2)21-12/h5-7H,1-4H3,(H,19,26)(H,20,25). The maximum atomic E-state index is 12.7. The second-order valence-electron chi connectivity index (χ2n) is 5.71. The Hall–Kier alpha value is -2.70. The van der Waals surface area contributed by atoms with Crippen molar-refractivity contribution in [2.24, 2.45) is 21.1 Å². The highest BCUT2D eigenvalue weighted by Gasteiger charge is 2.22. The summed E-state index contributed by atoms with van der Waals surface area (Å²) >= 11 is 2.03. The molecule has 3 heterocycles. The zero-order valence-electron chi connectivity index (χ0n) is 14.6. The van der Waals surface area contributed by atoms with Crippen LogP contribution >= 0.6 is 22.6 Å². The molecule has 0 saturated carbocycles. The first-order valence-corrected chi connectivity index (χ1v) is 8.68. The number of hydrogen-bond acceptors (Lipinski definition) is 5. The van der Waals surface area contributed by atoms with Crippen LogP contribution in [0.5, 0.6) is 0 Å². The molecule has 3 aromatic rings. The molecule has 0 aliphatic heterocycles. The molecule has 2 amide bonds. The summed E-state index contributed by atoms with van der Waals surface area (Å²) in [6.45, 7) is 1.84. The number of hydrogen-bond donors (Lipinski definition) is 2. The minimum atomic E-state index is -0.408. The summed E-state index contributed by atoms with van der Waals surface area (Å²) in [5.74, 6) is -0.804. The van der Waals surface area contributed by atoms with Gasteiger partial charge in [-0.25, -0.2) is 0 Å². The molecule has 0 spiro atoms. The van der Waals surface area contributed by atoms with E-state index in [1.54, 1.807) is 42.9 Å². The molecule has 0 atom stereocenters. The Labute approximate surface area is 162 Å². The smallest absolute Gasteiger partial charge is 0.277 e. The Bertz CT molecular complexity index is 1000. The van der Waals surface area contributed by atoms with E-state index < -0.39 is 11.8 Å². The lowest BCUT2D eigenvalue weighted by atomic mass is 10.3. The fraction of sp³-hybridized carbons (Fsp3) is 0.267. The molecule has 3 aromatic heterocycles. The van der Waals surface area contributed by atoms with Gasteiger partial charge in [0, 0.05) is 27.3 Å². The first-order valence-electron chi connectivity index (χ1n) is 7.60. The zero-order valence-corrected chi connectivity index (χ0v) is 16.8. The molecule has 0 radical (unpaired) electrons. The van der Waals surface area contributed by atoms with Gasteiger partial charge in [0.2, 0.25) is 0 Å². The normalized spacial score (nSPS) is 10.8. The highest BCUT2D eigenvalue weighted by Crippen LogP contribution is 2.20. The second-order valence-corrected chi connectivity index (χ2v) is 6.87. The summed E-state index contributed by atoms with van der Waals surface area (Å²) in [6.07, 6.45) is 4.73. The first kappa shape index (κ1) is 18.1. The van der Waals surface area contributed by atoms with Crippen LogP contribution in [-0.4, -0.2) is 41.2 Å². The zero-order chi connectivity index (χ0) is 19.0. The Morgan fingerprint density at radius 3 is 2.19 bits per heavy atom. The molecule has 0 fully saturated rings. The van der Waals surface area contributed by atoms with Gasteiger partial charge < -0.3 is 10.6 Å².